The Kier molecular flexibility index (Phi) is 6.68. The number of carbonyl (C=O) groups excluding carboxylic acids is 1. The number of sulfonamides is 1. The van der Waals surface area contributed by atoms with Gasteiger partial charge in [0.05, 0.1) is 16.1 Å². The Hall–Kier alpha value is -3.39. The van der Waals surface area contributed by atoms with Gasteiger partial charge in [0.25, 0.3) is 10.0 Å². The Morgan fingerprint density at radius 2 is 1.63 bits per heavy atom. The second-order valence-corrected chi connectivity index (χ2v) is 8.22. The third kappa shape index (κ3) is 4.96. The van der Waals surface area contributed by atoms with Gasteiger partial charge >= 0.3 is 5.97 Å². The summed E-state index contributed by atoms with van der Waals surface area (Å²) in [5, 5.41) is 0. The monoisotopic (exact) mass is 429 g/mol. The SMILES string of the molecule is CN(c1ccccc1)S(=O)(=O)c1cccc(C(=O)OCCOc2ccccc2F)c1. The van der Waals surface area contributed by atoms with Crippen molar-refractivity contribution >= 4 is 21.7 Å². The molecule has 0 aromatic heterocycles. The number of benzene rings is 3. The minimum atomic E-state index is -3.85. The van der Waals surface area contributed by atoms with Crippen LogP contribution in [0.3, 0.4) is 0 Å². The molecule has 156 valence electrons. The Labute approximate surface area is 174 Å². The average molecular weight is 429 g/mol. The van der Waals surface area contributed by atoms with Gasteiger partial charge in [0.1, 0.15) is 13.2 Å². The van der Waals surface area contributed by atoms with Crippen molar-refractivity contribution in [3.05, 3.63) is 90.2 Å². The number of para-hydroxylation sites is 2. The Bertz CT molecular complexity index is 1120. The van der Waals surface area contributed by atoms with Crippen LogP contribution in [0.25, 0.3) is 0 Å². The molecule has 0 atom stereocenters. The number of hydrogen-bond donors (Lipinski definition) is 0. The maximum absolute atomic E-state index is 13.5. The van der Waals surface area contributed by atoms with Crippen molar-refractivity contribution in [3.63, 3.8) is 0 Å². The van der Waals surface area contributed by atoms with Crippen molar-refractivity contribution in [2.24, 2.45) is 0 Å². The second-order valence-electron chi connectivity index (χ2n) is 6.25. The van der Waals surface area contributed by atoms with E-state index in [1.54, 1.807) is 42.5 Å². The highest BCUT2D eigenvalue weighted by Gasteiger charge is 2.22. The smallest absolute Gasteiger partial charge is 0.338 e. The fraction of sp³-hybridized carbons (Fsp3) is 0.136. The van der Waals surface area contributed by atoms with Crippen molar-refractivity contribution in [3.8, 4) is 5.75 Å². The Morgan fingerprint density at radius 3 is 2.37 bits per heavy atom. The fourth-order valence-electron chi connectivity index (χ4n) is 2.65. The molecule has 3 rings (SSSR count). The summed E-state index contributed by atoms with van der Waals surface area (Å²) in [6, 6.07) is 20.1. The van der Waals surface area contributed by atoms with Gasteiger partial charge in [-0.3, -0.25) is 4.31 Å². The highest BCUT2D eigenvalue weighted by atomic mass is 32.2. The van der Waals surface area contributed by atoms with Gasteiger partial charge in [-0.25, -0.2) is 17.6 Å². The quantitative estimate of drug-likeness (QED) is 0.401. The van der Waals surface area contributed by atoms with E-state index in [9.17, 15) is 17.6 Å². The molecule has 0 amide bonds. The Balaban J connectivity index is 1.64. The zero-order valence-electron chi connectivity index (χ0n) is 16.2. The van der Waals surface area contributed by atoms with E-state index >= 15 is 0 Å². The predicted molar refractivity (Wildman–Crippen MR) is 111 cm³/mol. The molecule has 8 heteroatoms. The maximum Gasteiger partial charge on any atom is 0.338 e. The third-order valence-electron chi connectivity index (χ3n) is 4.26. The summed E-state index contributed by atoms with van der Waals surface area (Å²) in [5.74, 6) is -1.15. The lowest BCUT2D eigenvalue weighted by Crippen LogP contribution is -2.26. The van der Waals surface area contributed by atoms with Crippen molar-refractivity contribution < 1.29 is 27.1 Å². The lowest BCUT2D eigenvalue weighted by Gasteiger charge is -2.19. The number of ether oxygens (including phenoxy) is 2. The lowest BCUT2D eigenvalue weighted by molar-refractivity contribution is 0.0448. The molecule has 0 aliphatic rings. The zero-order chi connectivity index (χ0) is 21.6. The maximum atomic E-state index is 13.5. The van der Waals surface area contributed by atoms with Gasteiger partial charge in [-0.1, -0.05) is 36.4 Å². The number of esters is 1. The van der Waals surface area contributed by atoms with Gasteiger partial charge in [0.15, 0.2) is 11.6 Å². The molecule has 0 fully saturated rings. The molecule has 0 aliphatic heterocycles. The molecule has 0 radical (unpaired) electrons. The first-order valence-corrected chi connectivity index (χ1v) is 10.5. The van der Waals surface area contributed by atoms with Crippen LogP contribution in [0.4, 0.5) is 10.1 Å². The van der Waals surface area contributed by atoms with Crippen LogP contribution in [0.5, 0.6) is 5.75 Å². The van der Waals surface area contributed by atoms with Gasteiger partial charge < -0.3 is 9.47 Å². The van der Waals surface area contributed by atoms with Crippen LogP contribution in [0.1, 0.15) is 10.4 Å². The molecule has 0 saturated carbocycles. The van der Waals surface area contributed by atoms with Crippen molar-refractivity contribution in [2.45, 2.75) is 4.90 Å². The summed E-state index contributed by atoms with van der Waals surface area (Å²) >= 11 is 0. The van der Waals surface area contributed by atoms with E-state index in [1.807, 2.05) is 0 Å². The molecule has 0 saturated heterocycles. The molecular formula is C22H20FNO5S. The Morgan fingerprint density at radius 1 is 0.933 bits per heavy atom. The minimum absolute atomic E-state index is 0.0362. The molecule has 0 spiro atoms. The summed E-state index contributed by atoms with van der Waals surface area (Å²) in [5.41, 5.74) is 0.583. The first-order valence-electron chi connectivity index (χ1n) is 9.08. The molecule has 0 N–H and O–H groups in total. The van der Waals surface area contributed by atoms with Gasteiger partial charge in [0, 0.05) is 7.05 Å². The summed E-state index contributed by atoms with van der Waals surface area (Å²) in [7, 11) is -2.41. The molecular weight excluding hydrogens is 409 g/mol. The van der Waals surface area contributed by atoms with Crippen LogP contribution in [0.2, 0.25) is 0 Å². The standard InChI is InChI=1S/C22H20FNO5S/c1-24(18-9-3-2-4-10-18)30(26,27)19-11-7-8-17(16-19)22(25)29-15-14-28-21-13-6-5-12-20(21)23/h2-13,16H,14-15H2,1H3. The predicted octanol–water partition coefficient (Wildman–Crippen LogP) is 3.89. The molecule has 3 aromatic rings. The summed E-state index contributed by atoms with van der Waals surface area (Å²) < 4.78 is 50.7. The van der Waals surface area contributed by atoms with Gasteiger partial charge in [-0.15, -0.1) is 0 Å². The second kappa shape index (κ2) is 9.41. The van der Waals surface area contributed by atoms with E-state index in [-0.39, 0.29) is 29.4 Å². The minimum Gasteiger partial charge on any atom is -0.487 e. The first-order chi connectivity index (χ1) is 14.4. The zero-order valence-corrected chi connectivity index (χ0v) is 17.0. The molecule has 6 nitrogen and oxygen atoms in total. The molecule has 0 unspecified atom stereocenters. The van der Waals surface area contributed by atoms with Crippen LogP contribution >= 0.6 is 0 Å². The van der Waals surface area contributed by atoms with E-state index in [2.05, 4.69) is 0 Å². The van der Waals surface area contributed by atoms with Gasteiger partial charge in [-0.2, -0.15) is 0 Å². The highest BCUT2D eigenvalue weighted by molar-refractivity contribution is 7.92. The van der Waals surface area contributed by atoms with Crippen LogP contribution in [-0.4, -0.2) is 34.6 Å². The van der Waals surface area contributed by atoms with E-state index in [1.165, 1.54) is 43.4 Å². The van der Waals surface area contributed by atoms with Crippen molar-refractivity contribution in [1.82, 2.24) is 0 Å². The van der Waals surface area contributed by atoms with Crippen LogP contribution in [-0.2, 0) is 14.8 Å². The van der Waals surface area contributed by atoms with Crippen LogP contribution in [0.15, 0.2) is 83.8 Å². The van der Waals surface area contributed by atoms with E-state index < -0.39 is 21.8 Å². The summed E-state index contributed by atoms with van der Waals surface area (Å²) in [4.78, 5) is 12.2. The normalized spacial score (nSPS) is 11.0. The number of anilines is 1. The number of rotatable bonds is 8. The van der Waals surface area contributed by atoms with Gasteiger partial charge in [0.2, 0.25) is 0 Å². The molecule has 0 bridgehead atoms. The summed E-state index contributed by atoms with van der Waals surface area (Å²) in [6.07, 6.45) is 0. The van der Waals surface area contributed by atoms with Crippen LogP contribution in [0, 0.1) is 5.82 Å². The van der Waals surface area contributed by atoms with Crippen molar-refractivity contribution in [2.75, 3.05) is 24.6 Å². The average Bonchev–Trinajstić information content (AvgIpc) is 2.77. The van der Waals surface area contributed by atoms with Crippen molar-refractivity contribution in [1.29, 1.82) is 0 Å². The lowest BCUT2D eigenvalue weighted by atomic mass is 10.2. The molecule has 0 aliphatic carbocycles. The number of halogens is 1. The highest BCUT2D eigenvalue weighted by Crippen LogP contribution is 2.22. The number of nitrogens with zero attached hydrogens (tertiary/aromatic N) is 1. The summed E-state index contributed by atoms with van der Waals surface area (Å²) in [6.45, 7) is -0.157. The molecule has 3 aromatic carbocycles. The third-order valence-corrected chi connectivity index (χ3v) is 6.04. The topological polar surface area (TPSA) is 72.9 Å². The number of carbonyl (C=O) groups is 1. The first kappa shape index (κ1) is 21.3. The molecule has 0 heterocycles. The van der Waals surface area contributed by atoms with Gasteiger partial charge in [-0.05, 0) is 42.5 Å². The van der Waals surface area contributed by atoms with E-state index in [0.717, 1.165) is 4.31 Å². The van der Waals surface area contributed by atoms with E-state index in [4.69, 9.17) is 9.47 Å². The van der Waals surface area contributed by atoms with Crippen LogP contribution < -0.4 is 9.04 Å². The fourth-order valence-corrected chi connectivity index (χ4v) is 3.89. The molecule has 30 heavy (non-hydrogen) atoms. The number of hydrogen-bond acceptors (Lipinski definition) is 5. The van der Waals surface area contributed by atoms with E-state index in [0.29, 0.717) is 5.69 Å². The largest absolute Gasteiger partial charge is 0.487 e.